The van der Waals surface area contributed by atoms with Crippen molar-refractivity contribution in [1.29, 1.82) is 0 Å². The molecule has 2 rings (SSSR count). The van der Waals surface area contributed by atoms with Gasteiger partial charge in [-0.15, -0.1) is 0 Å². The lowest BCUT2D eigenvalue weighted by molar-refractivity contribution is -0.289. The van der Waals surface area contributed by atoms with Gasteiger partial charge in [-0.2, -0.15) is 22.0 Å². The minimum atomic E-state index is -5.65. The maximum absolute atomic E-state index is 13.4. The first-order valence-corrected chi connectivity index (χ1v) is 6.28. The number of halogens is 5. The predicted octanol–water partition coefficient (Wildman–Crippen LogP) is 4.38. The summed E-state index contributed by atoms with van der Waals surface area (Å²) < 4.78 is 63.9. The summed E-state index contributed by atoms with van der Waals surface area (Å²) in [4.78, 5) is 3.98. The monoisotopic (exact) mass is 304 g/mol. The van der Waals surface area contributed by atoms with E-state index in [1.54, 1.807) is 12.2 Å². The maximum atomic E-state index is 13.4. The average molecular weight is 304 g/mol. The first-order chi connectivity index (χ1) is 9.66. The molecule has 0 aromatic heterocycles. The molecule has 0 bridgehead atoms. The molecular weight excluding hydrogens is 291 g/mol. The van der Waals surface area contributed by atoms with E-state index in [0.29, 0.717) is 12.0 Å². The Balaban J connectivity index is 2.52. The van der Waals surface area contributed by atoms with Gasteiger partial charge in [0.2, 0.25) is 0 Å². The van der Waals surface area contributed by atoms with Crippen LogP contribution in [0.15, 0.2) is 29.3 Å². The van der Waals surface area contributed by atoms with E-state index in [0.717, 1.165) is 12.1 Å². The zero-order valence-corrected chi connectivity index (χ0v) is 11.1. The van der Waals surface area contributed by atoms with Crippen LogP contribution in [0.25, 0.3) is 6.08 Å². The number of hydrogen-bond donors (Lipinski definition) is 1. The molecule has 21 heavy (non-hydrogen) atoms. The van der Waals surface area contributed by atoms with Crippen LogP contribution in [0.4, 0.5) is 27.6 Å². The van der Waals surface area contributed by atoms with Gasteiger partial charge in [-0.1, -0.05) is 31.2 Å². The number of aliphatic imine (C=N–C) groups is 1. The Hall–Kier alpha value is -1.92. The minimum absolute atomic E-state index is 0.0149. The lowest BCUT2D eigenvalue weighted by Crippen LogP contribution is -2.33. The van der Waals surface area contributed by atoms with Crippen molar-refractivity contribution < 1.29 is 22.0 Å². The summed E-state index contributed by atoms with van der Waals surface area (Å²) in [6, 6.07) is 2.68. The van der Waals surface area contributed by atoms with E-state index in [-0.39, 0.29) is 17.4 Å². The molecule has 1 heterocycles. The molecule has 7 heteroatoms. The highest BCUT2D eigenvalue weighted by Crippen LogP contribution is 2.45. The van der Waals surface area contributed by atoms with Crippen LogP contribution in [0.1, 0.15) is 24.5 Å². The van der Waals surface area contributed by atoms with Gasteiger partial charge >= 0.3 is 12.1 Å². The normalized spacial score (nSPS) is 19.0. The molecule has 1 aromatic carbocycles. The zero-order chi connectivity index (χ0) is 15.8. The SMILES string of the molecule is CCC1C=Cc2ccc(C(F)(F)C(F)(F)F)cc2N=C1N. The van der Waals surface area contributed by atoms with Gasteiger partial charge in [0, 0.05) is 11.5 Å². The van der Waals surface area contributed by atoms with E-state index >= 15 is 0 Å². The number of hydrogen-bond acceptors (Lipinski definition) is 2. The Morgan fingerprint density at radius 1 is 1.19 bits per heavy atom. The van der Waals surface area contributed by atoms with E-state index in [9.17, 15) is 22.0 Å². The molecule has 2 N–H and O–H groups in total. The van der Waals surface area contributed by atoms with Gasteiger partial charge in [0.15, 0.2) is 0 Å². The van der Waals surface area contributed by atoms with Crippen LogP contribution in [-0.2, 0) is 5.92 Å². The van der Waals surface area contributed by atoms with Gasteiger partial charge in [-0.25, -0.2) is 4.99 Å². The van der Waals surface area contributed by atoms with E-state index in [2.05, 4.69) is 4.99 Å². The van der Waals surface area contributed by atoms with Gasteiger partial charge in [-0.05, 0) is 18.1 Å². The molecule has 1 aliphatic heterocycles. The number of rotatable bonds is 2. The van der Waals surface area contributed by atoms with Crippen molar-refractivity contribution in [2.75, 3.05) is 0 Å². The van der Waals surface area contributed by atoms with E-state index < -0.39 is 17.7 Å². The largest absolute Gasteiger partial charge is 0.458 e. The van der Waals surface area contributed by atoms with Gasteiger partial charge in [0.05, 0.1) is 5.69 Å². The molecule has 0 aliphatic carbocycles. The van der Waals surface area contributed by atoms with Crippen LogP contribution in [0, 0.1) is 5.92 Å². The molecule has 114 valence electrons. The Labute approximate surface area is 118 Å². The Morgan fingerprint density at radius 3 is 2.43 bits per heavy atom. The summed E-state index contributed by atoms with van der Waals surface area (Å²) in [5.74, 6) is -4.89. The second kappa shape index (κ2) is 5.13. The molecule has 0 spiro atoms. The molecule has 0 amide bonds. The molecule has 1 aromatic rings. The molecule has 0 radical (unpaired) electrons. The maximum Gasteiger partial charge on any atom is 0.458 e. The molecule has 1 unspecified atom stereocenters. The van der Waals surface area contributed by atoms with Crippen molar-refractivity contribution in [3.05, 3.63) is 35.4 Å². The summed E-state index contributed by atoms with van der Waals surface area (Å²) in [5.41, 5.74) is 5.06. The zero-order valence-electron chi connectivity index (χ0n) is 11.1. The predicted molar refractivity (Wildman–Crippen MR) is 70.5 cm³/mol. The number of amidine groups is 1. The van der Waals surface area contributed by atoms with Crippen LogP contribution in [0.2, 0.25) is 0 Å². The number of nitrogens with two attached hydrogens (primary N) is 1. The van der Waals surface area contributed by atoms with Crippen molar-refractivity contribution in [3.8, 4) is 0 Å². The van der Waals surface area contributed by atoms with E-state index in [4.69, 9.17) is 5.73 Å². The van der Waals surface area contributed by atoms with E-state index in [1.165, 1.54) is 6.07 Å². The molecule has 0 saturated heterocycles. The quantitative estimate of drug-likeness (QED) is 0.809. The van der Waals surface area contributed by atoms with Crippen LogP contribution in [0.3, 0.4) is 0 Å². The molecule has 1 aliphatic rings. The fraction of sp³-hybridized carbons (Fsp3) is 0.357. The van der Waals surface area contributed by atoms with Crippen molar-refractivity contribution in [2.45, 2.75) is 25.4 Å². The molecule has 0 fully saturated rings. The second-order valence-electron chi connectivity index (χ2n) is 4.76. The minimum Gasteiger partial charge on any atom is -0.387 e. The van der Waals surface area contributed by atoms with Gasteiger partial charge in [0.1, 0.15) is 5.84 Å². The topological polar surface area (TPSA) is 38.4 Å². The third-order valence-electron chi connectivity index (χ3n) is 3.33. The standard InChI is InChI=1S/C14H13F5N2/c1-2-8-3-4-9-5-6-10(7-11(9)21-12(8)20)13(15,16)14(17,18)19/h3-8H,2H2,1H3,(H2,20,21). The lowest BCUT2D eigenvalue weighted by Gasteiger charge is -2.20. The summed E-state index contributed by atoms with van der Waals surface area (Å²) >= 11 is 0. The summed E-state index contributed by atoms with van der Waals surface area (Å²) in [7, 11) is 0. The number of fused-ring (bicyclic) bond motifs is 1. The number of nitrogens with zero attached hydrogens (tertiary/aromatic N) is 1. The molecule has 1 atom stereocenters. The third-order valence-corrected chi connectivity index (χ3v) is 3.33. The first-order valence-electron chi connectivity index (χ1n) is 6.28. The molecular formula is C14H13F5N2. The highest BCUT2D eigenvalue weighted by molar-refractivity contribution is 5.90. The highest BCUT2D eigenvalue weighted by atomic mass is 19.4. The van der Waals surface area contributed by atoms with E-state index in [1.807, 2.05) is 6.92 Å². The second-order valence-corrected chi connectivity index (χ2v) is 4.76. The van der Waals surface area contributed by atoms with Crippen LogP contribution < -0.4 is 5.73 Å². The lowest BCUT2D eigenvalue weighted by atomic mass is 10.0. The number of alkyl halides is 5. The summed E-state index contributed by atoms with van der Waals surface area (Å²) in [6.07, 6.45) is -1.61. The van der Waals surface area contributed by atoms with Gasteiger partial charge in [0.25, 0.3) is 0 Å². The Kier molecular flexibility index (Phi) is 3.78. The first kappa shape index (κ1) is 15.5. The van der Waals surface area contributed by atoms with Crippen molar-refractivity contribution in [1.82, 2.24) is 0 Å². The Bertz CT molecular complexity index is 602. The summed E-state index contributed by atoms with van der Waals surface area (Å²) in [5, 5.41) is 0. The average Bonchev–Trinajstić information content (AvgIpc) is 2.54. The molecule has 0 saturated carbocycles. The summed E-state index contributed by atoms with van der Waals surface area (Å²) in [6.45, 7) is 1.87. The fourth-order valence-corrected chi connectivity index (χ4v) is 2.03. The molecule has 2 nitrogen and oxygen atoms in total. The Morgan fingerprint density at radius 2 is 1.86 bits per heavy atom. The third kappa shape index (κ3) is 2.77. The van der Waals surface area contributed by atoms with Crippen molar-refractivity contribution in [2.24, 2.45) is 16.6 Å². The van der Waals surface area contributed by atoms with Crippen molar-refractivity contribution >= 4 is 17.6 Å². The van der Waals surface area contributed by atoms with Crippen LogP contribution >= 0.6 is 0 Å². The highest BCUT2D eigenvalue weighted by Gasteiger charge is 2.58. The van der Waals surface area contributed by atoms with Crippen LogP contribution in [0.5, 0.6) is 0 Å². The van der Waals surface area contributed by atoms with Gasteiger partial charge in [-0.3, -0.25) is 0 Å². The van der Waals surface area contributed by atoms with Crippen LogP contribution in [-0.4, -0.2) is 12.0 Å². The number of benzene rings is 1. The van der Waals surface area contributed by atoms with Gasteiger partial charge < -0.3 is 5.73 Å². The smallest absolute Gasteiger partial charge is 0.387 e. The van der Waals surface area contributed by atoms with Crippen molar-refractivity contribution in [3.63, 3.8) is 0 Å². The fourth-order valence-electron chi connectivity index (χ4n) is 2.03.